The Hall–Kier alpha value is -1.44. The third kappa shape index (κ3) is 3.36. The van der Waals surface area contributed by atoms with Crippen LogP contribution in [-0.2, 0) is 23.0 Å². The van der Waals surface area contributed by atoms with Gasteiger partial charge in [0.1, 0.15) is 10.7 Å². The number of nitrogen functional groups attached to an aromatic ring is 1. The van der Waals surface area contributed by atoms with Crippen LogP contribution in [0.4, 0.5) is 10.1 Å². The Morgan fingerprint density at radius 2 is 1.95 bits per heavy atom. The first kappa shape index (κ1) is 15.0. The summed E-state index contributed by atoms with van der Waals surface area (Å²) in [5, 5.41) is 0. The van der Waals surface area contributed by atoms with Crippen LogP contribution in [-0.4, -0.2) is 8.42 Å². The Morgan fingerprint density at radius 3 is 2.55 bits per heavy atom. The number of halogens is 1. The lowest BCUT2D eigenvalue weighted by Gasteiger charge is -2.08. The van der Waals surface area contributed by atoms with E-state index in [1.807, 2.05) is 19.1 Å². The minimum absolute atomic E-state index is 0.0991. The lowest BCUT2D eigenvalue weighted by atomic mass is 10.3. The second kappa shape index (κ2) is 5.90. The largest absolute Gasteiger partial charge is 0.398 e. The van der Waals surface area contributed by atoms with E-state index in [1.165, 1.54) is 10.9 Å². The molecule has 1 aromatic carbocycles. The fourth-order valence-electron chi connectivity index (χ4n) is 1.72. The van der Waals surface area contributed by atoms with E-state index in [4.69, 9.17) is 5.73 Å². The summed E-state index contributed by atoms with van der Waals surface area (Å²) in [6.45, 7) is 2.24. The summed E-state index contributed by atoms with van der Waals surface area (Å²) in [4.78, 5) is 2.01. The molecule has 0 unspecified atom stereocenters. The molecule has 108 valence electrons. The first-order valence-corrected chi connectivity index (χ1v) is 8.34. The van der Waals surface area contributed by atoms with Gasteiger partial charge in [0, 0.05) is 16.3 Å². The molecule has 0 spiro atoms. The average molecular weight is 314 g/mol. The van der Waals surface area contributed by atoms with Crippen molar-refractivity contribution in [3.8, 4) is 0 Å². The predicted octanol–water partition coefficient (Wildman–Crippen LogP) is 2.51. The van der Waals surface area contributed by atoms with Crippen molar-refractivity contribution < 1.29 is 12.8 Å². The highest BCUT2D eigenvalue weighted by atomic mass is 32.2. The number of hydrogen-bond acceptors (Lipinski definition) is 4. The third-order valence-electron chi connectivity index (χ3n) is 2.76. The molecule has 0 atom stereocenters. The molecule has 2 aromatic rings. The van der Waals surface area contributed by atoms with Gasteiger partial charge in [-0.25, -0.2) is 17.5 Å². The summed E-state index contributed by atoms with van der Waals surface area (Å²) >= 11 is 1.56. The Bertz CT molecular complexity index is 711. The summed E-state index contributed by atoms with van der Waals surface area (Å²) in [5.41, 5.74) is 5.45. The van der Waals surface area contributed by atoms with E-state index in [1.54, 1.807) is 11.3 Å². The predicted molar refractivity (Wildman–Crippen MR) is 78.5 cm³/mol. The number of nitrogens with one attached hydrogen (secondary N) is 1. The number of aryl methyl sites for hydroxylation is 1. The molecule has 0 fully saturated rings. The molecule has 0 radical (unpaired) electrons. The van der Waals surface area contributed by atoms with Crippen molar-refractivity contribution in [3.05, 3.63) is 45.9 Å². The van der Waals surface area contributed by atoms with Crippen molar-refractivity contribution >= 4 is 27.0 Å². The summed E-state index contributed by atoms with van der Waals surface area (Å²) < 4.78 is 39.6. The van der Waals surface area contributed by atoms with Crippen LogP contribution in [0, 0.1) is 5.82 Å². The molecule has 0 saturated carbocycles. The maximum absolute atomic E-state index is 12.9. The van der Waals surface area contributed by atoms with E-state index in [9.17, 15) is 12.8 Å². The zero-order chi connectivity index (χ0) is 14.8. The molecule has 0 aliphatic heterocycles. The number of rotatable bonds is 5. The van der Waals surface area contributed by atoms with Crippen LogP contribution in [0.15, 0.2) is 35.2 Å². The van der Waals surface area contributed by atoms with Crippen molar-refractivity contribution in [2.24, 2.45) is 0 Å². The molecular formula is C13H15FN2O2S2. The highest BCUT2D eigenvalue weighted by Gasteiger charge is 2.17. The Labute approximate surface area is 121 Å². The maximum atomic E-state index is 12.9. The first-order valence-electron chi connectivity index (χ1n) is 6.04. The Balaban J connectivity index is 2.14. The van der Waals surface area contributed by atoms with E-state index in [0.717, 1.165) is 23.4 Å². The van der Waals surface area contributed by atoms with Crippen molar-refractivity contribution in [1.29, 1.82) is 0 Å². The molecular weight excluding hydrogens is 299 g/mol. The van der Waals surface area contributed by atoms with Gasteiger partial charge in [-0.3, -0.25) is 0 Å². The minimum Gasteiger partial charge on any atom is -0.398 e. The fourth-order valence-corrected chi connectivity index (χ4v) is 3.82. The fraction of sp³-hybridized carbons (Fsp3) is 0.231. The van der Waals surface area contributed by atoms with Gasteiger partial charge in [0.25, 0.3) is 0 Å². The summed E-state index contributed by atoms with van der Waals surface area (Å²) in [6.07, 6.45) is 0.919. The molecule has 2 rings (SSSR count). The van der Waals surface area contributed by atoms with Gasteiger partial charge in [0.15, 0.2) is 0 Å². The zero-order valence-corrected chi connectivity index (χ0v) is 12.5. The van der Waals surface area contributed by atoms with Crippen LogP contribution >= 0.6 is 11.3 Å². The Morgan fingerprint density at radius 1 is 1.25 bits per heavy atom. The highest BCUT2D eigenvalue weighted by molar-refractivity contribution is 7.89. The molecule has 0 amide bonds. The van der Waals surface area contributed by atoms with Gasteiger partial charge < -0.3 is 5.73 Å². The van der Waals surface area contributed by atoms with Gasteiger partial charge in [0.05, 0.1) is 5.69 Å². The monoisotopic (exact) mass is 314 g/mol. The summed E-state index contributed by atoms with van der Waals surface area (Å²) in [7, 11) is -3.74. The Kier molecular flexibility index (Phi) is 4.42. The lowest BCUT2D eigenvalue weighted by Crippen LogP contribution is -2.23. The van der Waals surface area contributed by atoms with Gasteiger partial charge in [-0.1, -0.05) is 6.92 Å². The van der Waals surface area contributed by atoms with Crippen molar-refractivity contribution in [3.63, 3.8) is 0 Å². The number of anilines is 1. The normalized spacial score (nSPS) is 11.7. The lowest BCUT2D eigenvalue weighted by molar-refractivity contribution is 0.581. The topological polar surface area (TPSA) is 72.2 Å². The van der Waals surface area contributed by atoms with E-state index in [0.29, 0.717) is 0 Å². The zero-order valence-electron chi connectivity index (χ0n) is 10.9. The van der Waals surface area contributed by atoms with Crippen molar-refractivity contribution in [2.45, 2.75) is 24.8 Å². The molecule has 0 bridgehead atoms. The van der Waals surface area contributed by atoms with Gasteiger partial charge in [-0.15, -0.1) is 11.3 Å². The standard InChI is InChI=1S/C13H15FN2O2S2/c1-2-10-4-5-11(19-10)8-16-20(17,18)13-6-3-9(14)7-12(13)15/h3-7,16H,2,8,15H2,1H3. The molecule has 1 heterocycles. The minimum atomic E-state index is -3.74. The second-order valence-electron chi connectivity index (χ2n) is 4.23. The van der Waals surface area contributed by atoms with Crippen LogP contribution in [0.3, 0.4) is 0 Å². The molecule has 0 aliphatic rings. The highest BCUT2D eigenvalue weighted by Crippen LogP contribution is 2.21. The second-order valence-corrected chi connectivity index (χ2v) is 7.22. The third-order valence-corrected chi connectivity index (χ3v) is 5.47. The van der Waals surface area contributed by atoms with E-state index < -0.39 is 15.8 Å². The number of thiophene rings is 1. The van der Waals surface area contributed by atoms with Crippen LogP contribution in [0.1, 0.15) is 16.7 Å². The van der Waals surface area contributed by atoms with Gasteiger partial charge in [-0.2, -0.15) is 0 Å². The average Bonchev–Trinajstić information content (AvgIpc) is 2.84. The van der Waals surface area contributed by atoms with E-state index in [2.05, 4.69) is 4.72 Å². The molecule has 0 saturated heterocycles. The summed E-state index contributed by atoms with van der Waals surface area (Å²) in [6, 6.07) is 7.10. The van der Waals surface area contributed by atoms with Gasteiger partial charge >= 0.3 is 0 Å². The number of nitrogens with two attached hydrogens (primary N) is 1. The van der Waals surface area contributed by atoms with Gasteiger partial charge in [0.2, 0.25) is 10.0 Å². The van der Waals surface area contributed by atoms with E-state index in [-0.39, 0.29) is 17.1 Å². The molecule has 20 heavy (non-hydrogen) atoms. The number of sulfonamides is 1. The number of benzene rings is 1. The molecule has 7 heteroatoms. The molecule has 0 aliphatic carbocycles. The summed E-state index contributed by atoms with van der Waals surface area (Å²) in [5.74, 6) is -0.563. The van der Waals surface area contributed by atoms with Crippen LogP contribution in [0.25, 0.3) is 0 Å². The maximum Gasteiger partial charge on any atom is 0.242 e. The first-order chi connectivity index (χ1) is 9.42. The van der Waals surface area contributed by atoms with Crippen molar-refractivity contribution in [1.82, 2.24) is 4.72 Å². The SMILES string of the molecule is CCc1ccc(CNS(=O)(=O)c2ccc(F)cc2N)s1. The van der Waals surface area contributed by atoms with Gasteiger partial charge in [-0.05, 0) is 36.8 Å². The van der Waals surface area contributed by atoms with Crippen LogP contribution < -0.4 is 10.5 Å². The molecule has 3 N–H and O–H groups in total. The number of hydrogen-bond donors (Lipinski definition) is 2. The van der Waals surface area contributed by atoms with Crippen molar-refractivity contribution in [2.75, 3.05) is 5.73 Å². The van der Waals surface area contributed by atoms with E-state index >= 15 is 0 Å². The van der Waals surface area contributed by atoms with Crippen LogP contribution in [0.5, 0.6) is 0 Å². The van der Waals surface area contributed by atoms with Crippen LogP contribution in [0.2, 0.25) is 0 Å². The molecule has 4 nitrogen and oxygen atoms in total. The quantitative estimate of drug-likeness (QED) is 0.833. The smallest absolute Gasteiger partial charge is 0.242 e. The molecule has 1 aromatic heterocycles.